The van der Waals surface area contributed by atoms with Crippen LogP contribution in [0, 0.1) is 0 Å². The highest BCUT2D eigenvalue weighted by atomic mass is 32.2. The molecule has 0 atom stereocenters. The second-order valence-electron chi connectivity index (χ2n) is 6.54. The molecule has 1 heterocycles. The van der Waals surface area contributed by atoms with Gasteiger partial charge in [-0.2, -0.15) is 40.2 Å². The van der Waals surface area contributed by atoms with Gasteiger partial charge < -0.3 is 4.74 Å². The lowest BCUT2D eigenvalue weighted by Crippen LogP contribution is -2.54. The van der Waals surface area contributed by atoms with E-state index in [0.29, 0.717) is 22.0 Å². The molecule has 0 amide bonds. The summed E-state index contributed by atoms with van der Waals surface area (Å²) in [6.07, 6.45) is -1.53. The number of thioether (sulfide) groups is 1. The number of aromatic nitrogens is 2. The van der Waals surface area contributed by atoms with Gasteiger partial charge in [-0.1, -0.05) is 6.92 Å². The molecule has 2 rings (SSSR count). The Balaban J connectivity index is 2.27. The summed E-state index contributed by atoms with van der Waals surface area (Å²) in [5.74, 6) is -11.5. The molecule has 0 aliphatic heterocycles. The zero-order valence-corrected chi connectivity index (χ0v) is 18.1. The van der Waals surface area contributed by atoms with E-state index in [4.69, 9.17) is 0 Å². The van der Waals surface area contributed by atoms with Crippen molar-refractivity contribution in [1.29, 1.82) is 0 Å². The number of hydrogen-bond donors (Lipinski definition) is 0. The summed E-state index contributed by atoms with van der Waals surface area (Å²) in [4.78, 5) is 0.635. The van der Waals surface area contributed by atoms with Crippen LogP contribution in [0.2, 0.25) is 0 Å². The van der Waals surface area contributed by atoms with Gasteiger partial charge in [-0.25, -0.2) is 8.89 Å². The van der Waals surface area contributed by atoms with Crippen LogP contribution in [0.4, 0.5) is 36.4 Å². The first-order chi connectivity index (χ1) is 14.1. The molecular weight excluding hydrogens is 475 g/mol. The largest absolute Gasteiger partial charge is 0.484 e. The molecule has 1 aromatic carbocycles. The van der Waals surface area contributed by atoms with Crippen LogP contribution in [-0.2, 0) is 9.73 Å². The van der Waals surface area contributed by atoms with Gasteiger partial charge in [0.05, 0.1) is 23.8 Å². The van der Waals surface area contributed by atoms with Crippen LogP contribution in [0.15, 0.2) is 39.9 Å². The Morgan fingerprint density at radius 1 is 1.16 bits per heavy atom. The molecule has 0 fully saturated rings. The third kappa shape index (κ3) is 6.05. The fourth-order valence-corrected chi connectivity index (χ4v) is 3.70. The quantitative estimate of drug-likeness (QED) is 0.357. The van der Waals surface area contributed by atoms with E-state index in [1.165, 1.54) is 29.0 Å². The van der Waals surface area contributed by atoms with Gasteiger partial charge in [0.2, 0.25) is 0 Å². The Kier molecular flexibility index (Phi) is 7.25. The summed E-state index contributed by atoms with van der Waals surface area (Å²) in [5, 5.41) is 3.88. The lowest BCUT2D eigenvalue weighted by Gasteiger charge is -2.27. The molecule has 0 saturated carbocycles. The van der Waals surface area contributed by atoms with Gasteiger partial charge in [0.1, 0.15) is 0 Å². The van der Waals surface area contributed by atoms with Gasteiger partial charge in [0.15, 0.2) is 12.4 Å². The first-order valence-corrected chi connectivity index (χ1v) is 11.8. The van der Waals surface area contributed by atoms with Gasteiger partial charge in [0.25, 0.3) is 0 Å². The highest BCUT2D eigenvalue weighted by molar-refractivity contribution is 7.99. The standard InChI is InChI=1S/C17H18F7N3O2S2/c1-4-30-14-7-11(26-31(2,3)28)5-6-13(14)27-9-12(8-25-27)29-10-15(18,19)16(20,21)17(22,23)24/h5-9H,4,10H2,1-3H3. The van der Waals surface area contributed by atoms with Crippen molar-refractivity contribution in [2.75, 3.05) is 24.9 Å². The predicted octanol–water partition coefficient (Wildman–Crippen LogP) is 5.56. The van der Waals surface area contributed by atoms with Crippen LogP contribution in [0.1, 0.15) is 6.92 Å². The summed E-state index contributed by atoms with van der Waals surface area (Å²) in [7, 11) is -2.42. The first-order valence-electron chi connectivity index (χ1n) is 8.51. The Bertz CT molecular complexity index is 1040. The molecule has 0 radical (unpaired) electrons. The molecule has 1 aromatic heterocycles. The first kappa shape index (κ1) is 25.3. The average Bonchev–Trinajstić information content (AvgIpc) is 3.07. The van der Waals surface area contributed by atoms with Gasteiger partial charge >= 0.3 is 18.0 Å². The summed E-state index contributed by atoms with van der Waals surface area (Å²) >= 11 is 1.37. The van der Waals surface area contributed by atoms with E-state index in [2.05, 4.69) is 14.2 Å². The van der Waals surface area contributed by atoms with Gasteiger partial charge in [0, 0.05) is 27.1 Å². The van der Waals surface area contributed by atoms with Crippen LogP contribution in [-0.4, -0.2) is 56.9 Å². The maximum Gasteiger partial charge on any atom is 0.460 e. The number of rotatable bonds is 8. The van der Waals surface area contributed by atoms with E-state index < -0.39 is 40.1 Å². The molecule has 0 bridgehead atoms. The summed E-state index contributed by atoms with van der Waals surface area (Å²) < 4.78 is 111. The van der Waals surface area contributed by atoms with Gasteiger partial charge in [-0.3, -0.25) is 0 Å². The minimum Gasteiger partial charge on any atom is -0.484 e. The molecule has 174 valence electrons. The SMILES string of the molecule is CCSc1cc(N=S(C)(C)=O)ccc1-n1cc(OCC(F)(F)C(F)(F)C(F)(F)F)cn1. The number of hydrogen-bond acceptors (Lipinski definition) is 5. The number of halogens is 7. The molecule has 5 nitrogen and oxygen atoms in total. The van der Waals surface area contributed by atoms with Crippen molar-refractivity contribution in [3.05, 3.63) is 30.6 Å². The number of benzene rings is 1. The third-order valence-corrected chi connectivity index (χ3v) is 5.19. The zero-order chi connectivity index (χ0) is 23.7. The van der Waals surface area contributed by atoms with Crippen LogP contribution in [0.3, 0.4) is 0 Å². The lowest BCUT2D eigenvalue weighted by molar-refractivity contribution is -0.358. The summed E-state index contributed by atoms with van der Waals surface area (Å²) in [6.45, 7) is -0.331. The van der Waals surface area contributed by atoms with E-state index in [1.54, 1.807) is 18.2 Å². The van der Waals surface area contributed by atoms with Gasteiger partial charge in [-0.15, -0.1) is 11.8 Å². The molecule has 0 saturated heterocycles. The fraction of sp³-hybridized carbons (Fsp3) is 0.471. The van der Waals surface area contributed by atoms with E-state index >= 15 is 0 Å². The normalized spacial score (nSPS) is 13.4. The molecule has 0 spiro atoms. The van der Waals surface area contributed by atoms with Crippen LogP contribution in [0.5, 0.6) is 5.75 Å². The van der Waals surface area contributed by atoms with Crippen molar-refractivity contribution < 1.29 is 39.7 Å². The molecule has 2 aromatic rings. The smallest absolute Gasteiger partial charge is 0.460 e. The minimum absolute atomic E-state index is 0.427. The van der Waals surface area contributed by atoms with Crippen molar-refractivity contribution in [3.63, 3.8) is 0 Å². The predicted molar refractivity (Wildman–Crippen MR) is 103 cm³/mol. The minimum atomic E-state index is -6.43. The van der Waals surface area contributed by atoms with Crippen molar-refractivity contribution in [2.24, 2.45) is 4.36 Å². The van der Waals surface area contributed by atoms with Crippen molar-refractivity contribution in [1.82, 2.24) is 9.78 Å². The van der Waals surface area contributed by atoms with Gasteiger partial charge in [-0.05, 0) is 24.0 Å². The Morgan fingerprint density at radius 3 is 2.35 bits per heavy atom. The zero-order valence-electron chi connectivity index (χ0n) is 16.4. The maximum absolute atomic E-state index is 13.4. The molecular formula is C17H18F7N3O2S2. The Morgan fingerprint density at radius 2 is 1.81 bits per heavy atom. The number of alkyl halides is 7. The molecule has 0 aliphatic rings. The maximum atomic E-state index is 13.4. The average molecular weight is 493 g/mol. The highest BCUT2D eigenvalue weighted by Gasteiger charge is 2.73. The lowest BCUT2D eigenvalue weighted by atomic mass is 10.2. The van der Waals surface area contributed by atoms with E-state index in [-0.39, 0.29) is 0 Å². The fourth-order valence-electron chi connectivity index (χ4n) is 2.26. The van der Waals surface area contributed by atoms with Crippen molar-refractivity contribution in [3.8, 4) is 11.4 Å². The molecule has 14 heteroatoms. The van der Waals surface area contributed by atoms with E-state index in [0.717, 1.165) is 12.4 Å². The second kappa shape index (κ2) is 8.88. The summed E-state index contributed by atoms with van der Waals surface area (Å²) in [6, 6.07) is 4.74. The molecule has 0 aliphatic carbocycles. The molecule has 0 unspecified atom stereocenters. The number of ether oxygens (including phenoxy) is 1. The van der Waals surface area contributed by atoms with E-state index in [9.17, 15) is 34.9 Å². The number of nitrogens with zero attached hydrogens (tertiary/aromatic N) is 3. The summed E-state index contributed by atoms with van der Waals surface area (Å²) in [5.41, 5.74) is 0.888. The Labute approximate surface area is 178 Å². The second-order valence-corrected chi connectivity index (χ2v) is 10.4. The van der Waals surface area contributed by atoms with Crippen LogP contribution >= 0.6 is 11.8 Å². The van der Waals surface area contributed by atoms with Crippen molar-refractivity contribution in [2.45, 2.75) is 29.8 Å². The van der Waals surface area contributed by atoms with Crippen molar-refractivity contribution >= 4 is 27.2 Å². The Hall–Kier alpha value is -1.96. The monoisotopic (exact) mass is 493 g/mol. The molecule has 0 N–H and O–H groups in total. The highest BCUT2D eigenvalue weighted by Crippen LogP contribution is 2.46. The molecule has 31 heavy (non-hydrogen) atoms. The van der Waals surface area contributed by atoms with Crippen LogP contribution < -0.4 is 4.74 Å². The van der Waals surface area contributed by atoms with Crippen LogP contribution in [0.25, 0.3) is 5.69 Å². The van der Waals surface area contributed by atoms with E-state index in [1.807, 2.05) is 6.92 Å². The topological polar surface area (TPSA) is 56.5 Å². The third-order valence-electron chi connectivity index (χ3n) is 3.61.